The van der Waals surface area contributed by atoms with Crippen molar-refractivity contribution in [3.63, 3.8) is 0 Å². The van der Waals surface area contributed by atoms with Crippen LogP contribution >= 0.6 is 11.6 Å². The summed E-state index contributed by atoms with van der Waals surface area (Å²) in [6, 6.07) is 11.1. The Morgan fingerprint density at radius 3 is 2.73 bits per heavy atom. The number of likely N-dealkylation sites (N-methyl/N-ethyl adjacent to an activating group) is 1. The van der Waals surface area contributed by atoms with Crippen LogP contribution in [-0.2, 0) is 6.54 Å². The van der Waals surface area contributed by atoms with Gasteiger partial charge in [-0.2, -0.15) is 0 Å². The zero-order valence-electron chi connectivity index (χ0n) is 14.9. The molecule has 0 aliphatic carbocycles. The van der Waals surface area contributed by atoms with E-state index in [1.165, 1.54) is 6.20 Å². The monoisotopic (exact) mass is 371 g/mol. The predicted molar refractivity (Wildman–Crippen MR) is 105 cm³/mol. The Morgan fingerprint density at radius 1 is 1.23 bits per heavy atom. The lowest BCUT2D eigenvalue weighted by atomic mass is 10.2. The molecule has 1 amide bonds. The van der Waals surface area contributed by atoms with Gasteiger partial charge in [0, 0.05) is 24.8 Å². The fourth-order valence-electron chi connectivity index (χ4n) is 2.90. The minimum Gasteiger partial charge on any atom is -0.309 e. The van der Waals surface area contributed by atoms with Crippen LogP contribution in [0.2, 0.25) is 5.15 Å². The van der Waals surface area contributed by atoms with Crippen molar-refractivity contribution in [1.82, 2.24) is 19.4 Å². The minimum atomic E-state index is -0.256. The van der Waals surface area contributed by atoms with Crippen LogP contribution in [0.4, 0.5) is 5.95 Å². The Kier molecular flexibility index (Phi) is 5.85. The minimum absolute atomic E-state index is 0.256. The van der Waals surface area contributed by atoms with Crippen molar-refractivity contribution in [2.24, 2.45) is 0 Å². The molecule has 0 aliphatic heterocycles. The Bertz CT molecular complexity index is 904. The molecule has 0 atom stereocenters. The molecule has 3 rings (SSSR count). The fraction of sp³-hybridized carbons (Fsp3) is 0.316. The van der Waals surface area contributed by atoms with Gasteiger partial charge in [-0.25, -0.2) is 9.97 Å². The summed E-state index contributed by atoms with van der Waals surface area (Å²) < 4.78 is 2.05. The van der Waals surface area contributed by atoms with Crippen molar-refractivity contribution in [2.45, 2.75) is 20.4 Å². The van der Waals surface area contributed by atoms with Gasteiger partial charge in [0.15, 0.2) is 0 Å². The summed E-state index contributed by atoms with van der Waals surface area (Å²) in [5.74, 6) is 0.282. The van der Waals surface area contributed by atoms with Gasteiger partial charge in [0.05, 0.1) is 11.0 Å². The first-order chi connectivity index (χ1) is 12.6. The van der Waals surface area contributed by atoms with E-state index in [2.05, 4.69) is 34.0 Å². The number of halogens is 1. The number of hydrogen-bond donors (Lipinski definition) is 1. The highest BCUT2D eigenvalue weighted by molar-refractivity contribution is 6.29. The molecule has 0 unspecified atom stereocenters. The number of nitrogens with zero attached hydrogens (tertiary/aromatic N) is 4. The topological polar surface area (TPSA) is 63.0 Å². The Hall–Kier alpha value is -2.44. The molecule has 6 nitrogen and oxygen atoms in total. The van der Waals surface area contributed by atoms with Crippen LogP contribution in [0.15, 0.2) is 42.6 Å². The molecule has 0 saturated heterocycles. The number of carbonyl (C=O) groups is 1. The predicted octanol–water partition coefficient (Wildman–Crippen LogP) is 3.68. The molecule has 1 N–H and O–H groups in total. The number of aromatic nitrogens is 3. The molecular formula is C19H22ClN5O. The molecule has 1 aromatic carbocycles. The summed E-state index contributed by atoms with van der Waals surface area (Å²) in [5.41, 5.74) is 2.31. The fourth-order valence-corrected chi connectivity index (χ4v) is 3.07. The Balaban J connectivity index is 1.89. The van der Waals surface area contributed by atoms with E-state index in [-0.39, 0.29) is 11.1 Å². The van der Waals surface area contributed by atoms with E-state index in [1.807, 2.05) is 28.8 Å². The maximum atomic E-state index is 12.6. The molecule has 7 heteroatoms. The molecule has 136 valence electrons. The number of anilines is 1. The largest absolute Gasteiger partial charge is 0.309 e. The molecule has 0 radical (unpaired) electrons. The van der Waals surface area contributed by atoms with Crippen molar-refractivity contribution in [2.75, 3.05) is 25.0 Å². The molecule has 0 spiro atoms. The quantitative estimate of drug-likeness (QED) is 0.643. The zero-order valence-corrected chi connectivity index (χ0v) is 15.7. The van der Waals surface area contributed by atoms with Gasteiger partial charge in [-0.3, -0.25) is 10.1 Å². The standard InChI is InChI=1S/C19H22ClN5O/c1-3-24(4-2)11-12-25-16-8-6-5-7-15(16)22-19(25)23-18(26)14-9-10-21-17(20)13-14/h5-10,13H,3-4,11-12H2,1-2H3,(H,22,23,26). The second-order valence-electron chi connectivity index (χ2n) is 5.92. The van der Waals surface area contributed by atoms with E-state index < -0.39 is 0 Å². The van der Waals surface area contributed by atoms with E-state index >= 15 is 0 Å². The Morgan fingerprint density at radius 2 is 2.00 bits per heavy atom. The number of nitrogens with one attached hydrogen (secondary N) is 1. The summed E-state index contributed by atoms with van der Waals surface area (Å²) in [7, 11) is 0. The Labute approximate surface area is 157 Å². The summed E-state index contributed by atoms with van der Waals surface area (Å²) in [5, 5.41) is 3.20. The number of para-hydroxylation sites is 2. The van der Waals surface area contributed by atoms with Crippen LogP contribution in [0.1, 0.15) is 24.2 Å². The van der Waals surface area contributed by atoms with Crippen molar-refractivity contribution in [1.29, 1.82) is 0 Å². The highest BCUT2D eigenvalue weighted by atomic mass is 35.5. The number of amides is 1. The first kappa shape index (κ1) is 18.4. The normalized spacial score (nSPS) is 11.2. The van der Waals surface area contributed by atoms with Gasteiger partial charge >= 0.3 is 0 Å². The van der Waals surface area contributed by atoms with E-state index in [0.29, 0.717) is 11.5 Å². The number of fused-ring (bicyclic) bond motifs is 1. The maximum Gasteiger partial charge on any atom is 0.258 e. The molecule has 0 bridgehead atoms. The van der Waals surface area contributed by atoms with Gasteiger partial charge in [-0.1, -0.05) is 37.6 Å². The molecule has 0 saturated carbocycles. The van der Waals surface area contributed by atoms with Crippen LogP contribution in [0.5, 0.6) is 0 Å². The number of carbonyl (C=O) groups excluding carboxylic acids is 1. The van der Waals surface area contributed by atoms with Crippen LogP contribution in [0, 0.1) is 0 Å². The van der Waals surface area contributed by atoms with E-state index in [9.17, 15) is 4.79 Å². The van der Waals surface area contributed by atoms with Gasteiger partial charge in [-0.15, -0.1) is 0 Å². The molecule has 2 heterocycles. The third kappa shape index (κ3) is 4.03. The SMILES string of the molecule is CCN(CC)CCn1c(NC(=O)c2ccnc(Cl)c2)nc2ccccc21. The van der Waals surface area contributed by atoms with E-state index in [1.54, 1.807) is 12.1 Å². The summed E-state index contributed by atoms with van der Waals surface area (Å²) >= 11 is 5.89. The van der Waals surface area contributed by atoms with Gasteiger partial charge in [-0.05, 0) is 37.4 Å². The first-order valence-corrected chi connectivity index (χ1v) is 9.10. The lowest BCUT2D eigenvalue weighted by Gasteiger charge is -2.19. The molecule has 3 aromatic rings. The van der Waals surface area contributed by atoms with E-state index in [4.69, 9.17) is 11.6 Å². The third-order valence-corrected chi connectivity index (χ3v) is 4.61. The first-order valence-electron chi connectivity index (χ1n) is 8.73. The summed E-state index contributed by atoms with van der Waals surface area (Å²) in [6.07, 6.45) is 1.51. The van der Waals surface area contributed by atoms with Gasteiger partial charge in [0.1, 0.15) is 5.15 Å². The third-order valence-electron chi connectivity index (χ3n) is 4.40. The molecule has 0 fully saturated rings. The smallest absolute Gasteiger partial charge is 0.258 e. The number of hydrogen-bond acceptors (Lipinski definition) is 4. The lowest BCUT2D eigenvalue weighted by molar-refractivity contribution is 0.102. The average molecular weight is 372 g/mol. The van der Waals surface area contributed by atoms with Gasteiger partial charge in [0.25, 0.3) is 5.91 Å². The van der Waals surface area contributed by atoms with Gasteiger partial charge < -0.3 is 9.47 Å². The van der Waals surface area contributed by atoms with Gasteiger partial charge in [0.2, 0.25) is 5.95 Å². The lowest BCUT2D eigenvalue weighted by Crippen LogP contribution is -2.27. The second-order valence-corrected chi connectivity index (χ2v) is 6.31. The van der Waals surface area contributed by atoms with Crippen LogP contribution in [0.3, 0.4) is 0 Å². The second kappa shape index (κ2) is 8.29. The summed E-state index contributed by atoms with van der Waals surface area (Å²) in [6.45, 7) is 7.89. The molecule has 0 aliphatic rings. The maximum absolute atomic E-state index is 12.6. The van der Waals surface area contributed by atoms with Crippen LogP contribution < -0.4 is 5.32 Å². The average Bonchev–Trinajstić information content (AvgIpc) is 3.00. The number of rotatable bonds is 7. The highest BCUT2D eigenvalue weighted by Crippen LogP contribution is 2.20. The zero-order chi connectivity index (χ0) is 18.5. The molecule has 26 heavy (non-hydrogen) atoms. The molecule has 2 aromatic heterocycles. The van der Waals surface area contributed by atoms with Crippen molar-refractivity contribution >= 4 is 34.5 Å². The number of benzene rings is 1. The van der Waals surface area contributed by atoms with Crippen molar-refractivity contribution in [3.8, 4) is 0 Å². The van der Waals surface area contributed by atoms with Crippen LogP contribution in [-0.4, -0.2) is 45.0 Å². The van der Waals surface area contributed by atoms with Crippen LogP contribution in [0.25, 0.3) is 11.0 Å². The van der Waals surface area contributed by atoms with Crippen molar-refractivity contribution < 1.29 is 4.79 Å². The van der Waals surface area contributed by atoms with E-state index in [0.717, 1.165) is 37.2 Å². The van der Waals surface area contributed by atoms with Crippen molar-refractivity contribution in [3.05, 3.63) is 53.3 Å². The molecular weight excluding hydrogens is 350 g/mol. The number of imidazole rings is 1. The summed E-state index contributed by atoms with van der Waals surface area (Å²) in [4.78, 5) is 23.4. The number of pyridine rings is 1. The highest BCUT2D eigenvalue weighted by Gasteiger charge is 2.15.